The second-order valence-electron chi connectivity index (χ2n) is 5.87. The lowest BCUT2D eigenvalue weighted by Gasteiger charge is -2.36. The summed E-state index contributed by atoms with van der Waals surface area (Å²) in [7, 11) is 1.98. The molecule has 1 aliphatic carbocycles. The largest absolute Gasteiger partial charge is 0.376 e. The van der Waals surface area contributed by atoms with Crippen LogP contribution in [0.25, 0.3) is 0 Å². The Kier molecular flexibility index (Phi) is 6.12. The maximum atomic E-state index is 11.5. The van der Waals surface area contributed by atoms with Gasteiger partial charge in [-0.25, -0.2) is 8.42 Å². The minimum Gasteiger partial charge on any atom is -0.376 e. The average molecular weight is 396 g/mol. The van der Waals surface area contributed by atoms with E-state index in [9.17, 15) is 8.42 Å². The molecule has 21 heavy (non-hydrogen) atoms. The molecule has 118 valence electrons. The molecule has 0 atom stereocenters. The first-order chi connectivity index (χ1) is 9.89. The zero-order valence-corrected chi connectivity index (χ0v) is 15.0. The molecule has 0 N–H and O–H groups in total. The molecule has 1 aromatic rings. The van der Waals surface area contributed by atoms with E-state index < -0.39 is 9.05 Å². The van der Waals surface area contributed by atoms with E-state index in [1.54, 1.807) is 0 Å². The van der Waals surface area contributed by atoms with Gasteiger partial charge in [0.05, 0.1) is 19.0 Å². The predicted octanol–water partition coefficient (Wildman–Crippen LogP) is 4.48. The molecule has 0 amide bonds. The van der Waals surface area contributed by atoms with E-state index in [2.05, 4.69) is 15.9 Å². The topological polar surface area (TPSA) is 43.4 Å². The molecule has 1 saturated carbocycles. The molecule has 0 aromatic heterocycles. The summed E-state index contributed by atoms with van der Waals surface area (Å²) in [5.74, 6) is 0.0139. The Hall–Kier alpha value is -0.100. The smallest absolute Gasteiger partial charge is 0.233 e. The Morgan fingerprint density at radius 2 is 1.95 bits per heavy atom. The van der Waals surface area contributed by atoms with Crippen LogP contribution >= 0.6 is 26.6 Å². The second-order valence-corrected chi connectivity index (χ2v) is 9.56. The van der Waals surface area contributed by atoms with Crippen molar-refractivity contribution < 1.29 is 13.2 Å². The Balaban J connectivity index is 1.96. The molecule has 0 bridgehead atoms. The van der Waals surface area contributed by atoms with Gasteiger partial charge in [0.2, 0.25) is 9.05 Å². The zero-order valence-electron chi connectivity index (χ0n) is 11.9. The van der Waals surface area contributed by atoms with E-state index >= 15 is 0 Å². The van der Waals surface area contributed by atoms with Crippen molar-refractivity contribution in [3.63, 3.8) is 0 Å². The number of benzene rings is 1. The summed E-state index contributed by atoms with van der Waals surface area (Å²) < 4.78 is 29.8. The summed E-state index contributed by atoms with van der Waals surface area (Å²) in [5, 5.41) is 0. The van der Waals surface area contributed by atoms with E-state index in [1.165, 1.54) is 0 Å². The molecule has 0 heterocycles. The van der Waals surface area contributed by atoms with Gasteiger partial charge in [-0.2, -0.15) is 0 Å². The van der Waals surface area contributed by atoms with Gasteiger partial charge in [-0.15, -0.1) is 0 Å². The highest BCUT2D eigenvalue weighted by atomic mass is 79.9. The first-order valence-corrected chi connectivity index (χ1v) is 10.4. The van der Waals surface area contributed by atoms with Gasteiger partial charge in [-0.1, -0.05) is 47.3 Å². The van der Waals surface area contributed by atoms with Crippen molar-refractivity contribution >= 4 is 35.7 Å². The van der Waals surface area contributed by atoms with Crippen LogP contribution < -0.4 is 0 Å². The van der Waals surface area contributed by atoms with Crippen LogP contribution in [-0.2, 0) is 20.4 Å². The van der Waals surface area contributed by atoms with Gasteiger partial charge in [0.1, 0.15) is 0 Å². The first-order valence-electron chi connectivity index (χ1n) is 7.13. The maximum absolute atomic E-state index is 11.5. The molecule has 1 fully saturated rings. The quantitative estimate of drug-likeness (QED) is 0.667. The van der Waals surface area contributed by atoms with E-state index in [4.69, 9.17) is 15.4 Å². The number of hydrogen-bond donors (Lipinski definition) is 0. The highest BCUT2D eigenvalue weighted by molar-refractivity contribution is 9.10. The van der Waals surface area contributed by atoms with Gasteiger partial charge < -0.3 is 4.74 Å². The second kappa shape index (κ2) is 7.44. The molecule has 0 aliphatic heterocycles. The lowest BCUT2D eigenvalue weighted by Crippen LogP contribution is -2.35. The average Bonchev–Trinajstić information content (AvgIpc) is 2.37. The molecule has 0 spiro atoms. The molecule has 0 radical (unpaired) electrons. The summed E-state index contributed by atoms with van der Waals surface area (Å²) in [4.78, 5) is 0. The summed E-state index contributed by atoms with van der Waals surface area (Å²) in [5.41, 5.74) is 0.759. The number of rotatable bonds is 6. The van der Waals surface area contributed by atoms with Crippen LogP contribution in [0.4, 0.5) is 0 Å². The summed E-state index contributed by atoms with van der Waals surface area (Å²) in [6, 6.07) is 7.93. The van der Waals surface area contributed by atoms with Gasteiger partial charge in [0, 0.05) is 20.6 Å². The highest BCUT2D eigenvalue weighted by Crippen LogP contribution is 2.38. The highest BCUT2D eigenvalue weighted by Gasteiger charge is 2.36. The predicted molar refractivity (Wildman–Crippen MR) is 89.0 cm³/mol. The standard InChI is InChI=1S/C15H20BrClO3S/c16-14-6-4-5-13(9-14)10-20-11-15(12-21(17,18)19)7-2-1-3-8-15/h4-6,9H,1-3,7-8,10-12H2. The Morgan fingerprint density at radius 3 is 2.57 bits per heavy atom. The number of halogens is 2. The van der Waals surface area contributed by atoms with Gasteiger partial charge >= 0.3 is 0 Å². The fourth-order valence-electron chi connectivity index (χ4n) is 3.01. The van der Waals surface area contributed by atoms with Crippen LogP contribution in [0.3, 0.4) is 0 Å². The number of ether oxygens (including phenoxy) is 1. The van der Waals surface area contributed by atoms with Crippen molar-refractivity contribution in [2.24, 2.45) is 5.41 Å². The van der Waals surface area contributed by atoms with Gasteiger partial charge in [0.15, 0.2) is 0 Å². The Morgan fingerprint density at radius 1 is 1.24 bits per heavy atom. The third-order valence-electron chi connectivity index (χ3n) is 3.96. The van der Waals surface area contributed by atoms with Crippen LogP contribution in [0.15, 0.2) is 28.7 Å². The minimum atomic E-state index is -3.50. The molecule has 1 aromatic carbocycles. The maximum Gasteiger partial charge on any atom is 0.233 e. The Labute approximate surface area is 139 Å². The molecular weight excluding hydrogens is 376 g/mol. The van der Waals surface area contributed by atoms with E-state index in [1.807, 2.05) is 24.3 Å². The van der Waals surface area contributed by atoms with Crippen LogP contribution in [0, 0.1) is 5.41 Å². The van der Waals surface area contributed by atoms with Crippen molar-refractivity contribution in [3.8, 4) is 0 Å². The van der Waals surface area contributed by atoms with Crippen molar-refractivity contribution in [2.45, 2.75) is 38.7 Å². The summed E-state index contributed by atoms with van der Waals surface area (Å²) in [6.07, 6.45) is 5.00. The van der Waals surface area contributed by atoms with E-state index in [0.29, 0.717) is 13.2 Å². The molecule has 1 aliphatic rings. The van der Waals surface area contributed by atoms with Crippen molar-refractivity contribution in [1.29, 1.82) is 0 Å². The van der Waals surface area contributed by atoms with Gasteiger partial charge in [-0.05, 0) is 30.5 Å². The van der Waals surface area contributed by atoms with Crippen LogP contribution in [0.1, 0.15) is 37.7 Å². The summed E-state index contributed by atoms with van der Waals surface area (Å²) in [6.45, 7) is 0.939. The van der Waals surface area contributed by atoms with Gasteiger partial charge in [-0.3, -0.25) is 0 Å². The Bertz CT molecular complexity index is 568. The van der Waals surface area contributed by atoms with Crippen molar-refractivity contribution in [3.05, 3.63) is 34.3 Å². The molecule has 6 heteroatoms. The normalized spacial score (nSPS) is 18.6. The van der Waals surface area contributed by atoms with E-state index in [-0.39, 0.29) is 11.2 Å². The molecular formula is C15H20BrClO3S. The molecule has 2 rings (SSSR count). The third kappa shape index (κ3) is 5.89. The molecule has 3 nitrogen and oxygen atoms in total. The van der Waals surface area contributed by atoms with Crippen LogP contribution in [0.5, 0.6) is 0 Å². The fourth-order valence-corrected chi connectivity index (χ4v) is 5.25. The lowest BCUT2D eigenvalue weighted by molar-refractivity contribution is 0.0242. The fraction of sp³-hybridized carbons (Fsp3) is 0.600. The van der Waals surface area contributed by atoms with Gasteiger partial charge in [0.25, 0.3) is 0 Å². The summed E-state index contributed by atoms with van der Waals surface area (Å²) >= 11 is 3.43. The lowest BCUT2D eigenvalue weighted by atomic mass is 9.76. The van der Waals surface area contributed by atoms with Crippen LogP contribution in [-0.4, -0.2) is 20.8 Å². The number of hydrogen-bond acceptors (Lipinski definition) is 3. The molecule has 0 unspecified atom stereocenters. The SMILES string of the molecule is O=S(=O)(Cl)CC1(COCc2cccc(Br)c2)CCCCC1. The van der Waals surface area contributed by atoms with Crippen molar-refractivity contribution in [1.82, 2.24) is 0 Å². The zero-order chi connectivity index (χ0) is 15.3. The first kappa shape index (κ1) is 17.3. The monoisotopic (exact) mass is 394 g/mol. The van der Waals surface area contributed by atoms with Crippen LogP contribution in [0.2, 0.25) is 0 Å². The third-order valence-corrected chi connectivity index (χ3v) is 5.74. The van der Waals surface area contributed by atoms with E-state index in [0.717, 1.165) is 42.1 Å². The minimum absolute atomic E-state index is 0.0139. The van der Waals surface area contributed by atoms with Crippen molar-refractivity contribution in [2.75, 3.05) is 12.4 Å². The molecule has 0 saturated heterocycles.